The molecule has 1 fully saturated rings. The maximum Gasteiger partial charge on any atom is 0.150 e. The summed E-state index contributed by atoms with van der Waals surface area (Å²) < 4.78 is 5.72. The third-order valence-corrected chi connectivity index (χ3v) is 4.05. The highest BCUT2D eigenvalue weighted by Gasteiger charge is 2.22. The van der Waals surface area contributed by atoms with Crippen LogP contribution in [0.1, 0.15) is 18.5 Å². The lowest BCUT2D eigenvalue weighted by Crippen LogP contribution is -2.38. The van der Waals surface area contributed by atoms with Crippen LogP contribution in [-0.2, 0) is 4.74 Å². The molecule has 0 atom stereocenters. The third-order valence-electron chi connectivity index (χ3n) is 3.89. The minimum absolute atomic E-state index is 0.328. The average molecular weight is 306 g/mol. The monoisotopic (exact) mass is 305 g/mol. The van der Waals surface area contributed by atoms with Gasteiger partial charge in [0.15, 0.2) is 5.82 Å². The number of hydrogen-bond donors (Lipinski definition) is 0. The van der Waals surface area contributed by atoms with Crippen LogP contribution >= 0.6 is 11.6 Å². The highest BCUT2D eigenvalue weighted by Crippen LogP contribution is 2.24. The van der Waals surface area contributed by atoms with Gasteiger partial charge in [-0.2, -0.15) is 0 Å². The van der Waals surface area contributed by atoms with Crippen molar-refractivity contribution in [3.63, 3.8) is 0 Å². The second-order valence-electron chi connectivity index (χ2n) is 5.37. The number of rotatable bonds is 4. The van der Waals surface area contributed by atoms with Crippen LogP contribution in [0.3, 0.4) is 0 Å². The van der Waals surface area contributed by atoms with Crippen LogP contribution in [0, 0.1) is 6.92 Å². The van der Waals surface area contributed by atoms with Gasteiger partial charge in [0, 0.05) is 19.0 Å². The van der Waals surface area contributed by atoms with Crippen LogP contribution < -0.4 is 4.90 Å². The van der Waals surface area contributed by atoms with Gasteiger partial charge in [-0.1, -0.05) is 12.1 Å². The molecule has 1 aromatic carbocycles. The Morgan fingerprint density at radius 2 is 1.86 bits per heavy atom. The molecule has 2 aromatic rings. The van der Waals surface area contributed by atoms with E-state index in [1.54, 1.807) is 0 Å². The number of fused-ring (bicyclic) bond motifs is 1. The summed E-state index contributed by atoms with van der Waals surface area (Å²) in [5.41, 5.74) is 2.91. The molecule has 0 amide bonds. The molecule has 0 N–H and O–H groups in total. The molecule has 1 saturated heterocycles. The Balaban J connectivity index is 1.74. The predicted molar refractivity (Wildman–Crippen MR) is 86.2 cm³/mol. The number of para-hydroxylation sites is 2. The highest BCUT2D eigenvalue weighted by molar-refractivity contribution is 6.17. The van der Waals surface area contributed by atoms with E-state index in [2.05, 4.69) is 9.88 Å². The quantitative estimate of drug-likeness (QED) is 0.813. The topological polar surface area (TPSA) is 38.2 Å². The first-order valence-electron chi connectivity index (χ1n) is 7.44. The smallest absolute Gasteiger partial charge is 0.150 e. The van der Waals surface area contributed by atoms with Crippen molar-refractivity contribution < 1.29 is 4.74 Å². The second kappa shape index (κ2) is 6.58. The van der Waals surface area contributed by atoms with E-state index in [1.807, 2.05) is 31.2 Å². The van der Waals surface area contributed by atoms with Crippen molar-refractivity contribution in [3.05, 3.63) is 30.0 Å². The summed E-state index contributed by atoms with van der Waals surface area (Å²) in [6, 6.07) is 8.02. The number of anilines is 1. The van der Waals surface area contributed by atoms with E-state index < -0.39 is 0 Å². The van der Waals surface area contributed by atoms with Crippen LogP contribution in [-0.4, -0.2) is 41.6 Å². The van der Waals surface area contributed by atoms with E-state index >= 15 is 0 Å². The average Bonchev–Trinajstić information content (AvgIpc) is 2.53. The molecule has 3 rings (SSSR count). The SMILES string of the molecule is Cc1nc2ccccc2nc1N1CCC(OCCCl)CC1. The van der Waals surface area contributed by atoms with Crippen molar-refractivity contribution in [2.45, 2.75) is 25.9 Å². The molecule has 0 radical (unpaired) electrons. The van der Waals surface area contributed by atoms with E-state index in [4.69, 9.17) is 21.3 Å². The minimum atomic E-state index is 0.328. The van der Waals surface area contributed by atoms with Gasteiger partial charge in [0.05, 0.1) is 29.4 Å². The molecule has 0 aliphatic carbocycles. The summed E-state index contributed by atoms with van der Waals surface area (Å²) in [5, 5.41) is 0. The zero-order valence-electron chi connectivity index (χ0n) is 12.3. The maximum atomic E-state index is 5.72. The first-order chi connectivity index (χ1) is 10.3. The standard InChI is InChI=1S/C16H20ClN3O/c1-12-16(19-15-5-3-2-4-14(15)18-12)20-9-6-13(7-10-20)21-11-8-17/h2-5,13H,6-11H2,1H3. The highest BCUT2D eigenvalue weighted by atomic mass is 35.5. The van der Waals surface area contributed by atoms with Crippen LogP contribution in [0.5, 0.6) is 0 Å². The number of halogens is 1. The number of piperidine rings is 1. The van der Waals surface area contributed by atoms with E-state index in [0.717, 1.165) is 48.5 Å². The number of aryl methyl sites for hydroxylation is 1. The van der Waals surface area contributed by atoms with Gasteiger partial charge in [0.1, 0.15) is 0 Å². The van der Waals surface area contributed by atoms with Crippen molar-refractivity contribution in [3.8, 4) is 0 Å². The Labute approximate surface area is 130 Å². The first-order valence-corrected chi connectivity index (χ1v) is 7.97. The van der Waals surface area contributed by atoms with Crippen molar-refractivity contribution in [2.24, 2.45) is 0 Å². The molecule has 1 aliphatic rings. The minimum Gasteiger partial charge on any atom is -0.377 e. The largest absolute Gasteiger partial charge is 0.377 e. The molecule has 0 spiro atoms. The summed E-state index contributed by atoms with van der Waals surface area (Å²) in [7, 11) is 0. The molecule has 5 heteroatoms. The molecule has 1 aromatic heterocycles. The van der Waals surface area contributed by atoms with Gasteiger partial charge in [0.2, 0.25) is 0 Å². The van der Waals surface area contributed by atoms with Crippen molar-refractivity contribution in [1.29, 1.82) is 0 Å². The molecular formula is C16H20ClN3O. The second-order valence-corrected chi connectivity index (χ2v) is 5.75. The summed E-state index contributed by atoms with van der Waals surface area (Å²) in [6.07, 6.45) is 2.36. The maximum absolute atomic E-state index is 5.72. The van der Waals surface area contributed by atoms with Gasteiger partial charge in [-0.15, -0.1) is 11.6 Å². The number of alkyl halides is 1. The fourth-order valence-electron chi connectivity index (χ4n) is 2.82. The zero-order chi connectivity index (χ0) is 14.7. The lowest BCUT2D eigenvalue weighted by molar-refractivity contribution is 0.0470. The van der Waals surface area contributed by atoms with Gasteiger partial charge in [-0.05, 0) is 31.9 Å². The molecule has 0 unspecified atom stereocenters. The lowest BCUT2D eigenvalue weighted by atomic mass is 10.1. The molecular weight excluding hydrogens is 286 g/mol. The molecule has 4 nitrogen and oxygen atoms in total. The molecule has 0 bridgehead atoms. The molecule has 21 heavy (non-hydrogen) atoms. The van der Waals surface area contributed by atoms with Crippen molar-refractivity contribution in [1.82, 2.24) is 9.97 Å². The van der Waals surface area contributed by atoms with Gasteiger partial charge in [-0.3, -0.25) is 0 Å². The Morgan fingerprint density at radius 3 is 2.52 bits per heavy atom. The van der Waals surface area contributed by atoms with Crippen molar-refractivity contribution >= 4 is 28.5 Å². The molecule has 0 saturated carbocycles. The van der Waals surface area contributed by atoms with Gasteiger partial charge in [0.25, 0.3) is 0 Å². The molecule has 1 aliphatic heterocycles. The number of hydrogen-bond acceptors (Lipinski definition) is 4. The van der Waals surface area contributed by atoms with Crippen molar-refractivity contribution in [2.75, 3.05) is 30.5 Å². The van der Waals surface area contributed by atoms with E-state index in [-0.39, 0.29) is 0 Å². The van der Waals surface area contributed by atoms with E-state index in [9.17, 15) is 0 Å². The fourth-order valence-corrected chi connectivity index (χ4v) is 2.91. The fraction of sp³-hybridized carbons (Fsp3) is 0.500. The Hall–Kier alpha value is -1.39. The van der Waals surface area contributed by atoms with Gasteiger partial charge in [-0.25, -0.2) is 9.97 Å². The number of aromatic nitrogens is 2. The predicted octanol–water partition coefficient (Wildman–Crippen LogP) is 3.16. The van der Waals surface area contributed by atoms with E-state index in [0.29, 0.717) is 18.6 Å². The normalized spacial score (nSPS) is 16.6. The molecule has 112 valence electrons. The van der Waals surface area contributed by atoms with Gasteiger partial charge >= 0.3 is 0 Å². The lowest BCUT2D eigenvalue weighted by Gasteiger charge is -2.33. The van der Waals surface area contributed by atoms with Crippen LogP contribution in [0.4, 0.5) is 5.82 Å². The van der Waals surface area contributed by atoms with E-state index in [1.165, 1.54) is 0 Å². The summed E-state index contributed by atoms with van der Waals surface area (Å²) in [5.74, 6) is 1.57. The van der Waals surface area contributed by atoms with Crippen LogP contribution in [0.2, 0.25) is 0 Å². The Morgan fingerprint density at radius 1 is 1.19 bits per heavy atom. The summed E-state index contributed by atoms with van der Waals surface area (Å²) >= 11 is 5.67. The van der Waals surface area contributed by atoms with Gasteiger partial charge < -0.3 is 9.64 Å². The number of ether oxygens (including phenoxy) is 1. The summed E-state index contributed by atoms with van der Waals surface area (Å²) in [6.45, 7) is 4.59. The zero-order valence-corrected chi connectivity index (χ0v) is 13.0. The van der Waals surface area contributed by atoms with Crippen LogP contribution in [0.25, 0.3) is 11.0 Å². The first kappa shape index (κ1) is 14.5. The number of benzene rings is 1. The van der Waals surface area contributed by atoms with Crippen LogP contribution in [0.15, 0.2) is 24.3 Å². The molecule has 2 heterocycles. The summed E-state index contributed by atoms with van der Waals surface area (Å²) in [4.78, 5) is 11.8. The third kappa shape index (κ3) is 3.27. The Bertz CT molecular complexity index is 611. The number of nitrogens with zero attached hydrogens (tertiary/aromatic N) is 3. The Kier molecular flexibility index (Phi) is 4.56.